The van der Waals surface area contributed by atoms with Gasteiger partial charge >= 0.3 is 0 Å². The first kappa shape index (κ1) is 17.3. The summed E-state index contributed by atoms with van der Waals surface area (Å²) in [5, 5.41) is 11.5. The number of aromatic nitrogens is 5. The summed E-state index contributed by atoms with van der Waals surface area (Å²) in [6.45, 7) is 5.22. The van der Waals surface area contributed by atoms with Crippen LogP contribution in [0.5, 0.6) is 0 Å². The van der Waals surface area contributed by atoms with Crippen LogP contribution >= 0.6 is 0 Å². The van der Waals surface area contributed by atoms with Crippen LogP contribution < -0.4 is 0 Å². The molecule has 0 radical (unpaired) electrons. The van der Waals surface area contributed by atoms with Crippen molar-refractivity contribution < 1.29 is 9.32 Å². The Morgan fingerprint density at radius 1 is 1.22 bits per heavy atom. The van der Waals surface area contributed by atoms with Gasteiger partial charge < -0.3 is 9.42 Å². The Morgan fingerprint density at radius 2 is 2.11 bits per heavy atom. The van der Waals surface area contributed by atoms with Gasteiger partial charge in [-0.1, -0.05) is 5.16 Å². The van der Waals surface area contributed by atoms with E-state index in [9.17, 15) is 4.79 Å². The van der Waals surface area contributed by atoms with E-state index in [1.165, 1.54) is 12.4 Å². The topological polar surface area (TPSA) is 97.9 Å². The summed E-state index contributed by atoms with van der Waals surface area (Å²) in [4.78, 5) is 23.5. The zero-order valence-electron chi connectivity index (χ0n) is 15.3. The van der Waals surface area contributed by atoms with Crippen LogP contribution in [0.3, 0.4) is 0 Å². The quantitative estimate of drug-likeness (QED) is 0.700. The molecule has 1 atom stereocenters. The summed E-state index contributed by atoms with van der Waals surface area (Å²) in [5.41, 5.74) is 3.98. The van der Waals surface area contributed by atoms with Crippen LogP contribution in [0.15, 0.2) is 35.4 Å². The van der Waals surface area contributed by atoms with Gasteiger partial charge in [-0.15, -0.1) is 0 Å². The van der Waals surface area contributed by atoms with Gasteiger partial charge in [0, 0.05) is 19.3 Å². The highest BCUT2D eigenvalue weighted by Crippen LogP contribution is 2.25. The normalized spacial score (nSPS) is 16.7. The van der Waals surface area contributed by atoms with E-state index in [0.29, 0.717) is 18.0 Å². The van der Waals surface area contributed by atoms with Crippen LogP contribution in [-0.2, 0) is 6.42 Å². The highest BCUT2D eigenvalue weighted by molar-refractivity contribution is 5.93. The van der Waals surface area contributed by atoms with Crippen LogP contribution in [0.1, 0.15) is 33.9 Å². The Kier molecular flexibility index (Phi) is 4.62. The molecule has 8 nitrogen and oxygen atoms in total. The molecule has 1 saturated heterocycles. The predicted molar refractivity (Wildman–Crippen MR) is 96.7 cm³/mol. The molecule has 27 heavy (non-hydrogen) atoms. The fourth-order valence-electron chi connectivity index (χ4n) is 3.52. The van der Waals surface area contributed by atoms with Gasteiger partial charge in [0.1, 0.15) is 5.76 Å². The number of nitrogens with zero attached hydrogens (tertiary/aromatic N) is 6. The van der Waals surface area contributed by atoms with E-state index >= 15 is 0 Å². The van der Waals surface area contributed by atoms with E-state index in [0.717, 1.165) is 47.8 Å². The van der Waals surface area contributed by atoms with Crippen LogP contribution in [0.2, 0.25) is 0 Å². The summed E-state index contributed by atoms with van der Waals surface area (Å²) >= 11 is 0. The summed E-state index contributed by atoms with van der Waals surface area (Å²) in [6, 6.07) is 1.70. The van der Waals surface area contributed by atoms with Gasteiger partial charge in [-0.25, -0.2) is 0 Å². The van der Waals surface area contributed by atoms with Crippen molar-refractivity contribution >= 4 is 5.91 Å². The molecule has 4 heterocycles. The van der Waals surface area contributed by atoms with E-state index in [1.807, 2.05) is 18.7 Å². The first-order valence-corrected chi connectivity index (χ1v) is 8.92. The Labute approximate surface area is 156 Å². The monoisotopic (exact) mass is 364 g/mol. The molecule has 3 aromatic rings. The molecular formula is C19H20N6O2. The minimum Gasteiger partial charge on any atom is -0.361 e. The number of hydrogen-bond donors (Lipinski definition) is 0. The standard InChI is InChI=1S/C19H20N6O2/c1-12-18(13(2)27-24-12)17-10-20-16(9-21-17)7-14-4-6-25(11-14)19(26)15-3-5-22-23-8-15/h3,5,8-10,14H,4,6-7,11H2,1-2H3. The molecule has 1 aliphatic heterocycles. The smallest absolute Gasteiger partial charge is 0.255 e. The first-order chi connectivity index (χ1) is 13.1. The molecule has 4 rings (SSSR count). The molecule has 1 aliphatic rings. The summed E-state index contributed by atoms with van der Waals surface area (Å²) < 4.78 is 5.19. The average Bonchev–Trinajstić information content (AvgIpc) is 3.29. The van der Waals surface area contributed by atoms with Gasteiger partial charge in [0.05, 0.1) is 46.8 Å². The first-order valence-electron chi connectivity index (χ1n) is 8.92. The van der Waals surface area contributed by atoms with Gasteiger partial charge in [-0.2, -0.15) is 10.2 Å². The molecule has 138 valence electrons. The molecule has 0 saturated carbocycles. The Hall–Kier alpha value is -3.16. The van der Waals surface area contributed by atoms with Crippen molar-refractivity contribution in [3.8, 4) is 11.3 Å². The molecular weight excluding hydrogens is 344 g/mol. The second-order valence-electron chi connectivity index (χ2n) is 6.83. The maximum absolute atomic E-state index is 12.5. The number of hydrogen-bond acceptors (Lipinski definition) is 7. The minimum absolute atomic E-state index is 0.00670. The number of likely N-dealkylation sites (tertiary alicyclic amines) is 1. The molecule has 1 unspecified atom stereocenters. The lowest BCUT2D eigenvalue weighted by molar-refractivity contribution is 0.0786. The van der Waals surface area contributed by atoms with Gasteiger partial charge in [-0.3, -0.25) is 14.8 Å². The molecule has 0 N–H and O–H groups in total. The van der Waals surface area contributed by atoms with E-state index in [-0.39, 0.29) is 5.91 Å². The van der Waals surface area contributed by atoms with Crippen molar-refractivity contribution in [2.75, 3.05) is 13.1 Å². The van der Waals surface area contributed by atoms with E-state index < -0.39 is 0 Å². The maximum Gasteiger partial charge on any atom is 0.255 e. The van der Waals surface area contributed by atoms with Crippen molar-refractivity contribution in [1.29, 1.82) is 0 Å². The van der Waals surface area contributed by atoms with Gasteiger partial charge in [0.25, 0.3) is 5.91 Å². The zero-order valence-corrected chi connectivity index (χ0v) is 15.3. The van der Waals surface area contributed by atoms with Crippen LogP contribution in [0.25, 0.3) is 11.3 Å². The van der Waals surface area contributed by atoms with Gasteiger partial charge in [-0.05, 0) is 38.7 Å². The second kappa shape index (κ2) is 7.22. The van der Waals surface area contributed by atoms with E-state index in [4.69, 9.17) is 4.52 Å². The highest BCUT2D eigenvalue weighted by Gasteiger charge is 2.27. The lowest BCUT2D eigenvalue weighted by atomic mass is 10.0. The SMILES string of the molecule is Cc1noc(C)c1-c1cnc(CC2CCN(C(=O)c3ccnnc3)C2)cn1. The number of amides is 1. The van der Waals surface area contributed by atoms with Gasteiger partial charge in [0.2, 0.25) is 0 Å². The lowest BCUT2D eigenvalue weighted by Crippen LogP contribution is -2.29. The Morgan fingerprint density at radius 3 is 2.78 bits per heavy atom. The molecule has 8 heteroatoms. The largest absolute Gasteiger partial charge is 0.361 e. The molecule has 3 aromatic heterocycles. The molecule has 0 spiro atoms. The lowest BCUT2D eigenvalue weighted by Gasteiger charge is -2.16. The minimum atomic E-state index is 0.00670. The van der Waals surface area contributed by atoms with Crippen LogP contribution in [0.4, 0.5) is 0 Å². The molecule has 0 bridgehead atoms. The molecule has 1 fully saturated rings. The van der Waals surface area contributed by atoms with Crippen molar-refractivity contribution in [3.63, 3.8) is 0 Å². The zero-order chi connectivity index (χ0) is 18.8. The van der Waals surface area contributed by atoms with Crippen molar-refractivity contribution in [2.24, 2.45) is 5.92 Å². The third-order valence-electron chi connectivity index (χ3n) is 4.90. The van der Waals surface area contributed by atoms with E-state index in [2.05, 4.69) is 25.3 Å². The molecule has 0 aliphatic carbocycles. The van der Waals surface area contributed by atoms with Crippen molar-refractivity contribution in [1.82, 2.24) is 30.2 Å². The van der Waals surface area contributed by atoms with Crippen LogP contribution in [0, 0.1) is 19.8 Å². The average molecular weight is 364 g/mol. The van der Waals surface area contributed by atoms with Gasteiger partial charge in [0.15, 0.2) is 0 Å². The Balaban J connectivity index is 1.40. The predicted octanol–water partition coefficient (Wildman–Crippen LogP) is 2.24. The highest BCUT2D eigenvalue weighted by atomic mass is 16.5. The number of carbonyl (C=O) groups is 1. The summed E-state index contributed by atoms with van der Waals surface area (Å²) in [7, 11) is 0. The number of aryl methyl sites for hydroxylation is 2. The third-order valence-corrected chi connectivity index (χ3v) is 4.90. The number of carbonyl (C=O) groups excluding carboxylic acids is 1. The summed E-state index contributed by atoms with van der Waals surface area (Å²) in [6.07, 6.45) is 8.37. The van der Waals surface area contributed by atoms with Crippen LogP contribution in [-0.4, -0.2) is 49.2 Å². The summed E-state index contributed by atoms with van der Waals surface area (Å²) in [5.74, 6) is 1.13. The van der Waals surface area contributed by atoms with Crippen molar-refractivity contribution in [2.45, 2.75) is 26.7 Å². The fraction of sp³-hybridized carbons (Fsp3) is 0.368. The maximum atomic E-state index is 12.5. The second-order valence-corrected chi connectivity index (χ2v) is 6.83. The fourth-order valence-corrected chi connectivity index (χ4v) is 3.52. The molecule has 0 aromatic carbocycles. The third kappa shape index (κ3) is 3.55. The number of rotatable bonds is 4. The molecule has 1 amide bonds. The van der Waals surface area contributed by atoms with E-state index in [1.54, 1.807) is 18.5 Å². The Bertz CT molecular complexity index is 919. The van der Waals surface area contributed by atoms with Crippen molar-refractivity contribution in [3.05, 3.63) is 53.6 Å².